The SMILES string of the molecule is CCNC1CCc2cc(Cc3nccn3C)ccc21. The monoisotopic (exact) mass is 255 g/mol. The molecule has 1 aliphatic rings. The third kappa shape index (κ3) is 2.43. The Morgan fingerprint density at radius 3 is 3.05 bits per heavy atom. The summed E-state index contributed by atoms with van der Waals surface area (Å²) in [5.74, 6) is 1.13. The maximum absolute atomic E-state index is 4.40. The first-order valence-electron chi connectivity index (χ1n) is 7.09. The Morgan fingerprint density at radius 2 is 2.32 bits per heavy atom. The summed E-state index contributed by atoms with van der Waals surface area (Å²) in [7, 11) is 2.05. The Labute approximate surface area is 114 Å². The molecule has 3 rings (SSSR count). The van der Waals surface area contributed by atoms with E-state index in [2.05, 4.69) is 47.0 Å². The van der Waals surface area contributed by atoms with Gasteiger partial charge >= 0.3 is 0 Å². The van der Waals surface area contributed by atoms with Crippen molar-refractivity contribution in [3.63, 3.8) is 0 Å². The topological polar surface area (TPSA) is 29.9 Å². The zero-order valence-electron chi connectivity index (χ0n) is 11.7. The standard InChI is InChI=1S/C16H21N3/c1-3-17-15-7-5-13-10-12(4-6-14(13)15)11-16-18-8-9-19(16)2/h4,6,8-10,15,17H,3,5,7,11H2,1-2H3. The van der Waals surface area contributed by atoms with Gasteiger partial charge in [-0.1, -0.05) is 25.1 Å². The third-order valence-corrected chi connectivity index (χ3v) is 4.02. The van der Waals surface area contributed by atoms with E-state index in [1.165, 1.54) is 29.5 Å². The molecule has 19 heavy (non-hydrogen) atoms. The molecule has 1 aliphatic carbocycles. The number of hydrogen-bond donors (Lipinski definition) is 1. The van der Waals surface area contributed by atoms with E-state index in [0.717, 1.165) is 18.8 Å². The molecule has 1 aromatic carbocycles. The van der Waals surface area contributed by atoms with Crippen molar-refractivity contribution in [1.29, 1.82) is 0 Å². The second-order valence-corrected chi connectivity index (χ2v) is 5.31. The van der Waals surface area contributed by atoms with Gasteiger partial charge in [0.1, 0.15) is 5.82 Å². The van der Waals surface area contributed by atoms with Crippen LogP contribution in [0.15, 0.2) is 30.6 Å². The van der Waals surface area contributed by atoms with Crippen LogP contribution in [-0.2, 0) is 19.9 Å². The summed E-state index contributed by atoms with van der Waals surface area (Å²) in [6, 6.07) is 7.47. The Bertz CT molecular complexity index is 571. The largest absolute Gasteiger partial charge is 0.338 e. The van der Waals surface area contributed by atoms with Crippen LogP contribution in [0.25, 0.3) is 0 Å². The van der Waals surface area contributed by atoms with Gasteiger partial charge in [0.05, 0.1) is 0 Å². The average molecular weight is 255 g/mol. The highest BCUT2D eigenvalue weighted by Crippen LogP contribution is 2.31. The van der Waals surface area contributed by atoms with Crippen LogP contribution >= 0.6 is 0 Å². The summed E-state index contributed by atoms with van der Waals surface area (Å²) < 4.78 is 2.09. The predicted octanol–water partition coefficient (Wildman–Crippen LogP) is 2.61. The number of fused-ring (bicyclic) bond motifs is 1. The van der Waals surface area contributed by atoms with Crippen molar-refractivity contribution in [2.75, 3.05) is 6.54 Å². The number of benzene rings is 1. The zero-order valence-corrected chi connectivity index (χ0v) is 11.7. The molecule has 0 aliphatic heterocycles. The fourth-order valence-corrected chi connectivity index (χ4v) is 2.99. The van der Waals surface area contributed by atoms with Crippen LogP contribution in [0.2, 0.25) is 0 Å². The summed E-state index contributed by atoms with van der Waals surface area (Å²) >= 11 is 0. The highest BCUT2D eigenvalue weighted by Gasteiger charge is 2.21. The third-order valence-electron chi connectivity index (χ3n) is 4.02. The Morgan fingerprint density at radius 1 is 1.42 bits per heavy atom. The van der Waals surface area contributed by atoms with Crippen molar-refractivity contribution >= 4 is 0 Å². The van der Waals surface area contributed by atoms with Gasteiger partial charge in [-0.15, -0.1) is 0 Å². The number of rotatable bonds is 4. The van der Waals surface area contributed by atoms with Gasteiger partial charge in [-0.25, -0.2) is 4.98 Å². The van der Waals surface area contributed by atoms with Crippen LogP contribution < -0.4 is 5.32 Å². The van der Waals surface area contributed by atoms with Gasteiger partial charge < -0.3 is 9.88 Å². The molecule has 0 spiro atoms. The second-order valence-electron chi connectivity index (χ2n) is 5.31. The van der Waals surface area contributed by atoms with Crippen molar-refractivity contribution in [2.24, 2.45) is 7.05 Å². The fraction of sp³-hybridized carbons (Fsp3) is 0.438. The first kappa shape index (κ1) is 12.4. The molecule has 1 heterocycles. The minimum Gasteiger partial charge on any atom is -0.338 e. The highest BCUT2D eigenvalue weighted by molar-refractivity contribution is 5.38. The molecular formula is C16H21N3. The molecule has 0 bridgehead atoms. The van der Waals surface area contributed by atoms with Crippen LogP contribution in [0.5, 0.6) is 0 Å². The van der Waals surface area contributed by atoms with Gasteiger partial charge in [0.15, 0.2) is 0 Å². The molecule has 1 N–H and O–H groups in total. The molecule has 1 aromatic heterocycles. The predicted molar refractivity (Wildman–Crippen MR) is 77.2 cm³/mol. The summed E-state index contributed by atoms with van der Waals surface area (Å²) in [5, 5.41) is 3.56. The van der Waals surface area contributed by atoms with E-state index in [1.54, 1.807) is 0 Å². The Kier molecular flexibility index (Phi) is 3.38. The molecule has 3 heteroatoms. The van der Waals surface area contributed by atoms with E-state index in [-0.39, 0.29) is 0 Å². The fourth-order valence-electron chi connectivity index (χ4n) is 2.99. The van der Waals surface area contributed by atoms with E-state index in [9.17, 15) is 0 Å². The first-order chi connectivity index (χ1) is 9.28. The molecule has 0 radical (unpaired) electrons. The van der Waals surface area contributed by atoms with Gasteiger partial charge in [0.2, 0.25) is 0 Å². The van der Waals surface area contributed by atoms with Gasteiger partial charge in [0, 0.05) is 31.9 Å². The summed E-state index contributed by atoms with van der Waals surface area (Å²) in [6.45, 7) is 3.21. The minimum absolute atomic E-state index is 0.558. The second kappa shape index (κ2) is 5.17. The molecule has 100 valence electrons. The van der Waals surface area contributed by atoms with Crippen molar-refractivity contribution < 1.29 is 0 Å². The van der Waals surface area contributed by atoms with E-state index < -0.39 is 0 Å². The summed E-state index contributed by atoms with van der Waals surface area (Å²) in [6.07, 6.45) is 7.22. The number of nitrogens with zero attached hydrogens (tertiary/aromatic N) is 2. The lowest BCUT2D eigenvalue weighted by Crippen LogP contribution is -2.18. The normalized spacial score (nSPS) is 17.7. The van der Waals surface area contributed by atoms with E-state index in [0.29, 0.717) is 6.04 Å². The molecular weight excluding hydrogens is 234 g/mol. The Hall–Kier alpha value is -1.61. The maximum atomic E-state index is 4.40. The molecule has 1 atom stereocenters. The number of aryl methyl sites for hydroxylation is 2. The lowest BCUT2D eigenvalue weighted by Gasteiger charge is -2.12. The summed E-state index contributed by atoms with van der Waals surface area (Å²) in [5.41, 5.74) is 4.37. The van der Waals surface area contributed by atoms with E-state index in [1.807, 2.05) is 12.4 Å². The van der Waals surface area contributed by atoms with Gasteiger partial charge in [-0.2, -0.15) is 0 Å². The van der Waals surface area contributed by atoms with Crippen LogP contribution in [0.3, 0.4) is 0 Å². The Balaban J connectivity index is 1.81. The first-order valence-corrected chi connectivity index (χ1v) is 7.09. The smallest absolute Gasteiger partial charge is 0.112 e. The molecule has 0 amide bonds. The minimum atomic E-state index is 0.558. The van der Waals surface area contributed by atoms with E-state index >= 15 is 0 Å². The van der Waals surface area contributed by atoms with Gasteiger partial charge in [-0.05, 0) is 36.1 Å². The molecule has 0 saturated heterocycles. The highest BCUT2D eigenvalue weighted by atomic mass is 15.0. The number of aromatic nitrogens is 2. The van der Waals surface area contributed by atoms with Crippen LogP contribution in [0.4, 0.5) is 0 Å². The van der Waals surface area contributed by atoms with Gasteiger partial charge in [0.25, 0.3) is 0 Å². The zero-order chi connectivity index (χ0) is 13.2. The van der Waals surface area contributed by atoms with Crippen molar-refractivity contribution in [2.45, 2.75) is 32.2 Å². The number of imidazole rings is 1. The van der Waals surface area contributed by atoms with Gasteiger partial charge in [-0.3, -0.25) is 0 Å². The number of hydrogen-bond acceptors (Lipinski definition) is 2. The van der Waals surface area contributed by atoms with Crippen LogP contribution in [-0.4, -0.2) is 16.1 Å². The van der Waals surface area contributed by atoms with Crippen molar-refractivity contribution in [1.82, 2.24) is 14.9 Å². The molecule has 0 fully saturated rings. The molecule has 2 aromatic rings. The number of nitrogens with one attached hydrogen (secondary N) is 1. The average Bonchev–Trinajstić information content (AvgIpc) is 2.98. The maximum Gasteiger partial charge on any atom is 0.112 e. The van der Waals surface area contributed by atoms with Crippen molar-refractivity contribution in [3.05, 3.63) is 53.1 Å². The van der Waals surface area contributed by atoms with E-state index in [4.69, 9.17) is 0 Å². The van der Waals surface area contributed by atoms with Crippen LogP contribution in [0, 0.1) is 0 Å². The van der Waals surface area contributed by atoms with Crippen LogP contribution in [0.1, 0.15) is 41.9 Å². The molecule has 3 nitrogen and oxygen atoms in total. The lowest BCUT2D eigenvalue weighted by atomic mass is 10.0. The van der Waals surface area contributed by atoms with Crippen molar-refractivity contribution in [3.8, 4) is 0 Å². The molecule has 0 saturated carbocycles. The summed E-state index contributed by atoms with van der Waals surface area (Å²) in [4.78, 5) is 4.40. The lowest BCUT2D eigenvalue weighted by molar-refractivity contribution is 0.549. The quantitative estimate of drug-likeness (QED) is 0.910. The molecule has 1 unspecified atom stereocenters.